The molecule has 0 spiro atoms. The average Bonchev–Trinajstić information content (AvgIpc) is 2.48. The summed E-state index contributed by atoms with van der Waals surface area (Å²) in [5.41, 5.74) is 1.31. The normalized spacial score (nSPS) is 18.3. The number of benzene rings is 1. The highest BCUT2D eigenvalue weighted by Gasteiger charge is 2.20. The van der Waals surface area contributed by atoms with Crippen LogP contribution in [0, 0.1) is 0 Å². The Morgan fingerprint density at radius 1 is 1.19 bits per heavy atom. The van der Waals surface area contributed by atoms with Crippen LogP contribution in [0.15, 0.2) is 24.3 Å². The summed E-state index contributed by atoms with van der Waals surface area (Å²) in [6.45, 7) is 4.74. The summed E-state index contributed by atoms with van der Waals surface area (Å²) < 4.78 is 0. The van der Waals surface area contributed by atoms with Gasteiger partial charge in [-0.05, 0) is 57.5 Å². The van der Waals surface area contributed by atoms with Gasteiger partial charge in [0.25, 0.3) is 5.91 Å². The molecule has 0 unspecified atom stereocenters. The molecule has 2 amide bonds. The molecule has 0 aromatic heterocycles. The zero-order valence-corrected chi connectivity index (χ0v) is 12.6. The van der Waals surface area contributed by atoms with E-state index < -0.39 is 0 Å². The van der Waals surface area contributed by atoms with Crippen molar-refractivity contribution in [1.82, 2.24) is 10.6 Å². The first-order chi connectivity index (χ1) is 10.1. The highest BCUT2D eigenvalue weighted by Crippen LogP contribution is 2.13. The van der Waals surface area contributed by atoms with Crippen molar-refractivity contribution in [2.45, 2.75) is 45.2 Å². The van der Waals surface area contributed by atoms with Crippen LogP contribution >= 0.6 is 0 Å². The molecule has 114 valence electrons. The Hall–Kier alpha value is -1.88. The predicted octanol–water partition coefficient (Wildman–Crippen LogP) is 1.91. The fourth-order valence-electron chi connectivity index (χ4n) is 2.36. The molecule has 21 heavy (non-hydrogen) atoms. The second-order valence-corrected chi connectivity index (χ2v) is 5.70. The number of hydrogen-bond donors (Lipinski definition) is 3. The van der Waals surface area contributed by atoms with Gasteiger partial charge in [0.1, 0.15) is 0 Å². The van der Waals surface area contributed by atoms with Crippen LogP contribution in [0.3, 0.4) is 0 Å². The lowest BCUT2D eigenvalue weighted by Gasteiger charge is -2.22. The molecule has 1 aromatic carbocycles. The molecule has 0 radical (unpaired) electrons. The van der Waals surface area contributed by atoms with Crippen LogP contribution in [-0.2, 0) is 4.79 Å². The van der Waals surface area contributed by atoms with Crippen molar-refractivity contribution in [3.63, 3.8) is 0 Å². The molecule has 1 fully saturated rings. The average molecular weight is 289 g/mol. The smallest absolute Gasteiger partial charge is 0.251 e. The summed E-state index contributed by atoms with van der Waals surface area (Å²) in [5, 5.41) is 8.93. The van der Waals surface area contributed by atoms with E-state index in [9.17, 15) is 9.59 Å². The van der Waals surface area contributed by atoms with Crippen molar-refractivity contribution in [3.8, 4) is 0 Å². The Balaban J connectivity index is 1.92. The van der Waals surface area contributed by atoms with Gasteiger partial charge >= 0.3 is 0 Å². The molecule has 0 bridgehead atoms. The Morgan fingerprint density at radius 2 is 1.90 bits per heavy atom. The SMILES string of the molecule is CC(C)NC(=O)c1ccc(NC(=O)[C@H]2CCCCN2)cc1. The number of anilines is 1. The molecule has 2 rings (SSSR count). The number of hydrogen-bond acceptors (Lipinski definition) is 3. The van der Waals surface area contributed by atoms with Gasteiger partial charge in [-0.15, -0.1) is 0 Å². The first-order valence-electron chi connectivity index (χ1n) is 7.51. The molecule has 1 aliphatic heterocycles. The molecule has 5 heteroatoms. The molecule has 0 saturated carbocycles. The van der Waals surface area contributed by atoms with Crippen LogP contribution in [0.5, 0.6) is 0 Å². The van der Waals surface area contributed by atoms with Crippen molar-refractivity contribution in [3.05, 3.63) is 29.8 Å². The first-order valence-corrected chi connectivity index (χ1v) is 7.51. The molecule has 1 heterocycles. The number of carbonyl (C=O) groups is 2. The molecule has 1 saturated heterocycles. The standard InChI is InChI=1S/C16H23N3O2/c1-11(2)18-15(20)12-6-8-13(9-7-12)19-16(21)14-5-3-4-10-17-14/h6-9,11,14,17H,3-5,10H2,1-2H3,(H,18,20)(H,19,21)/t14-/m1/s1. The van der Waals surface area contributed by atoms with Gasteiger partial charge in [0.2, 0.25) is 5.91 Å². The number of amides is 2. The monoisotopic (exact) mass is 289 g/mol. The van der Waals surface area contributed by atoms with Gasteiger partial charge in [0.05, 0.1) is 6.04 Å². The maximum atomic E-state index is 12.1. The second-order valence-electron chi connectivity index (χ2n) is 5.70. The molecule has 0 aliphatic carbocycles. The first kappa shape index (κ1) is 15.5. The van der Waals surface area contributed by atoms with Crippen LogP contribution in [0.25, 0.3) is 0 Å². The van der Waals surface area contributed by atoms with E-state index in [4.69, 9.17) is 0 Å². The van der Waals surface area contributed by atoms with E-state index in [1.165, 1.54) is 0 Å². The molecule has 1 aromatic rings. The Labute approximate surface area is 125 Å². The fourth-order valence-corrected chi connectivity index (χ4v) is 2.36. The van der Waals surface area contributed by atoms with Gasteiger partial charge in [0, 0.05) is 17.3 Å². The van der Waals surface area contributed by atoms with E-state index in [1.54, 1.807) is 24.3 Å². The molecule has 5 nitrogen and oxygen atoms in total. The maximum absolute atomic E-state index is 12.1. The third-order valence-corrected chi connectivity index (χ3v) is 3.46. The molecular formula is C16H23N3O2. The van der Waals surface area contributed by atoms with Gasteiger partial charge in [0.15, 0.2) is 0 Å². The zero-order valence-electron chi connectivity index (χ0n) is 12.6. The third-order valence-electron chi connectivity index (χ3n) is 3.46. The summed E-state index contributed by atoms with van der Waals surface area (Å²) in [7, 11) is 0. The number of carbonyl (C=O) groups excluding carboxylic acids is 2. The van der Waals surface area contributed by atoms with Crippen LogP contribution in [0.4, 0.5) is 5.69 Å². The van der Waals surface area contributed by atoms with Crippen molar-refractivity contribution in [2.75, 3.05) is 11.9 Å². The highest BCUT2D eigenvalue weighted by atomic mass is 16.2. The number of nitrogens with one attached hydrogen (secondary N) is 3. The minimum atomic E-state index is -0.109. The molecule has 1 aliphatic rings. The second kappa shape index (κ2) is 7.22. The van der Waals surface area contributed by atoms with Gasteiger partial charge in [-0.2, -0.15) is 0 Å². The summed E-state index contributed by atoms with van der Waals surface area (Å²) in [5.74, 6) is -0.106. The lowest BCUT2D eigenvalue weighted by Crippen LogP contribution is -2.43. The van der Waals surface area contributed by atoms with Gasteiger partial charge in [-0.1, -0.05) is 6.42 Å². The quantitative estimate of drug-likeness (QED) is 0.793. The van der Waals surface area contributed by atoms with Crippen molar-refractivity contribution >= 4 is 17.5 Å². The predicted molar refractivity (Wildman–Crippen MR) is 83.3 cm³/mol. The zero-order chi connectivity index (χ0) is 15.2. The minimum absolute atomic E-state index is 0.00548. The minimum Gasteiger partial charge on any atom is -0.350 e. The summed E-state index contributed by atoms with van der Waals surface area (Å²) in [6, 6.07) is 6.96. The lowest BCUT2D eigenvalue weighted by molar-refractivity contribution is -0.118. The third kappa shape index (κ3) is 4.56. The van der Waals surface area contributed by atoms with Crippen LogP contribution in [0.2, 0.25) is 0 Å². The number of rotatable bonds is 4. The van der Waals surface area contributed by atoms with Crippen molar-refractivity contribution in [2.24, 2.45) is 0 Å². The van der Waals surface area contributed by atoms with E-state index >= 15 is 0 Å². The highest BCUT2D eigenvalue weighted by molar-refractivity contribution is 5.97. The van der Waals surface area contributed by atoms with Crippen molar-refractivity contribution in [1.29, 1.82) is 0 Å². The van der Waals surface area contributed by atoms with Crippen LogP contribution in [0.1, 0.15) is 43.5 Å². The van der Waals surface area contributed by atoms with E-state index in [0.29, 0.717) is 11.3 Å². The van der Waals surface area contributed by atoms with Gasteiger partial charge in [-0.25, -0.2) is 0 Å². The Kier molecular flexibility index (Phi) is 5.33. The van der Waals surface area contributed by atoms with Gasteiger partial charge in [-0.3, -0.25) is 9.59 Å². The van der Waals surface area contributed by atoms with Crippen LogP contribution < -0.4 is 16.0 Å². The summed E-state index contributed by atoms with van der Waals surface area (Å²) >= 11 is 0. The Bertz CT molecular complexity index is 491. The van der Waals surface area contributed by atoms with E-state index in [1.807, 2.05) is 13.8 Å². The van der Waals surface area contributed by atoms with E-state index in [0.717, 1.165) is 25.8 Å². The topological polar surface area (TPSA) is 70.2 Å². The van der Waals surface area contributed by atoms with E-state index in [2.05, 4.69) is 16.0 Å². The number of piperidine rings is 1. The van der Waals surface area contributed by atoms with Gasteiger partial charge < -0.3 is 16.0 Å². The van der Waals surface area contributed by atoms with E-state index in [-0.39, 0.29) is 23.9 Å². The molecule has 1 atom stereocenters. The Morgan fingerprint density at radius 3 is 2.48 bits per heavy atom. The maximum Gasteiger partial charge on any atom is 0.251 e. The summed E-state index contributed by atoms with van der Waals surface area (Å²) in [6.07, 6.45) is 3.09. The van der Waals surface area contributed by atoms with Crippen LogP contribution in [-0.4, -0.2) is 30.4 Å². The summed E-state index contributed by atoms with van der Waals surface area (Å²) in [4.78, 5) is 23.9. The lowest BCUT2D eigenvalue weighted by atomic mass is 10.0. The molecule has 3 N–H and O–H groups in total. The molecular weight excluding hydrogens is 266 g/mol. The largest absolute Gasteiger partial charge is 0.350 e. The fraction of sp³-hybridized carbons (Fsp3) is 0.500. The van der Waals surface area contributed by atoms with Crippen molar-refractivity contribution < 1.29 is 9.59 Å².